The quantitative estimate of drug-likeness (QED) is 0.616. The first kappa shape index (κ1) is 16.2. The van der Waals surface area contributed by atoms with Crippen LogP contribution >= 0.6 is 11.6 Å². The Kier molecular flexibility index (Phi) is 4.26. The second-order valence-corrected chi connectivity index (χ2v) is 7.21. The summed E-state index contributed by atoms with van der Waals surface area (Å²) >= 11 is 6.00. The van der Waals surface area contributed by atoms with Crippen LogP contribution in [0.25, 0.3) is 11.0 Å². The van der Waals surface area contributed by atoms with Gasteiger partial charge in [0.1, 0.15) is 5.58 Å². The molecule has 3 nitrogen and oxygen atoms in total. The number of furan rings is 1. The average Bonchev–Trinajstić information content (AvgIpc) is 3.05. The van der Waals surface area contributed by atoms with E-state index in [1.165, 1.54) is 11.1 Å². The first-order chi connectivity index (χ1) is 12.1. The molecule has 0 aliphatic carbocycles. The minimum absolute atomic E-state index is 0.0327. The summed E-state index contributed by atoms with van der Waals surface area (Å²) in [6.45, 7) is 3.62. The Hall–Kier alpha value is -2.26. The lowest BCUT2D eigenvalue weighted by atomic mass is 9.89. The van der Waals surface area contributed by atoms with E-state index in [1.807, 2.05) is 11.0 Å². The topological polar surface area (TPSA) is 33.5 Å². The van der Waals surface area contributed by atoms with E-state index >= 15 is 0 Å². The lowest BCUT2D eigenvalue weighted by Gasteiger charge is -2.31. The van der Waals surface area contributed by atoms with E-state index in [4.69, 9.17) is 16.0 Å². The van der Waals surface area contributed by atoms with Gasteiger partial charge in [-0.2, -0.15) is 0 Å². The van der Waals surface area contributed by atoms with Crippen LogP contribution in [0.2, 0.25) is 5.02 Å². The van der Waals surface area contributed by atoms with Crippen LogP contribution in [0.15, 0.2) is 52.9 Å². The number of amides is 1. The molecule has 1 aliphatic heterocycles. The molecular weight excluding hydrogens is 334 g/mol. The molecule has 1 fully saturated rings. The molecule has 4 heteroatoms. The Morgan fingerprint density at radius 3 is 2.52 bits per heavy atom. The molecule has 3 aromatic rings. The highest BCUT2D eigenvalue weighted by Gasteiger charge is 2.26. The lowest BCUT2D eigenvalue weighted by Crippen LogP contribution is -2.37. The zero-order chi connectivity index (χ0) is 17.4. The number of aryl methyl sites for hydroxylation is 1. The Morgan fingerprint density at radius 1 is 1.08 bits per heavy atom. The summed E-state index contributed by atoms with van der Waals surface area (Å²) in [6.07, 6.45) is 1.97. The summed E-state index contributed by atoms with van der Waals surface area (Å²) in [7, 11) is 0. The normalized spacial score (nSPS) is 15.7. The van der Waals surface area contributed by atoms with Gasteiger partial charge < -0.3 is 9.32 Å². The van der Waals surface area contributed by atoms with Crippen LogP contribution in [0.1, 0.15) is 40.4 Å². The van der Waals surface area contributed by atoms with Gasteiger partial charge in [-0.1, -0.05) is 41.4 Å². The van der Waals surface area contributed by atoms with E-state index in [-0.39, 0.29) is 5.91 Å². The molecular formula is C21H20ClNO2. The number of piperidine rings is 1. The predicted octanol–water partition coefficient (Wildman–Crippen LogP) is 5.41. The van der Waals surface area contributed by atoms with Crippen LogP contribution < -0.4 is 0 Å². The van der Waals surface area contributed by atoms with Crippen molar-refractivity contribution < 1.29 is 9.21 Å². The molecule has 25 heavy (non-hydrogen) atoms. The van der Waals surface area contributed by atoms with Crippen LogP contribution in [0.3, 0.4) is 0 Å². The van der Waals surface area contributed by atoms with Crippen molar-refractivity contribution in [3.8, 4) is 0 Å². The van der Waals surface area contributed by atoms with Gasteiger partial charge in [-0.15, -0.1) is 0 Å². The first-order valence-electron chi connectivity index (χ1n) is 8.65. The van der Waals surface area contributed by atoms with Crippen molar-refractivity contribution in [2.45, 2.75) is 25.7 Å². The molecule has 1 aliphatic rings. The van der Waals surface area contributed by atoms with Crippen LogP contribution in [-0.2, 0) is 0 Å². The summed E-state index contributed by atoms with van der Waals surface area (Å²) in [6, 6.07) is 15.9. The van der Waals surface area contributed by atoms with Crippen molar-refractivity contribution >= 4 is 28.5 Å². The van der Waals surface area contributed by atoms with Crippen molar-refractivity contribution in [3.05, 3.63) is 70.4 Å². The maximum atomic E-state index is 12.7. The van der Waals surface area contributed by atoms with Gasteiger partial charge in [0.25, 0.3) is 5.91 Å². The lowest BCUT2D eigenvalue weighted by molar-refractivity contribution is 0.0683. The third-order valence-electron chi connectivity index (χ3n) is 5.02. The highest BCUT2D eigenvalue weighted by Crippen LogP contribution is 2.30. The molecule has 0 unspecified atom stereocenters. The zero-order valence-electron chi connectivity index (χ0n) is 14.2. The maximum Gasteiger partial charge on any atom is 0.289 e. The predicted molar refractivity (Wildman–Crippen MR) is 100 cm³/mol. The Morgan fingerprint density at radius 2 is 1.80 bits per heavy atom. The fourth-order valence-electron chi connectivity index (χ4n) is 3.53. The number of hydrogen-bond acceptors (Lipinski definition) is 2. The van der Waals surface area contributed by atoms with Gasteiger partial charge in [-0.25, -0.2) is 0 Å². The third kappa shape index (κ3) is 3.29. The van der Waals surface area contributed by atoms with Crippen LogP contribution in [0.4, 0.5) is 0 Å². The van der Waals surface area contributed by atoms with Gasteiger partial charge in [0.2, 0.25) is 0 Å². The van der Waals surface area contributed by atoms with Crippen molar-refractivity contribution in [1.29, 1.82) is 0 Å². The summed E-state index contributed by atoms with van der Waals surface area (Å²) in [5, 5.41) is 1.51. The molecule has 128 valence electrons. The summed E-state index contributed by atoms with van der Waals surface area (Å²) in [4.78, 5) is 14.6. The summed E-state index contributed by atoms with van der Waals surface area (Å²) in [5.41, 5.74) is 3.35. The number of benzene rings is 2. The van der Waals surface area contributed by atoms with E-state index < -0.39 is 0 Å². The molecule has 2 aromatic carbocycles. The Bertz CT molecular complexity index is 905. The van der Waals surface area contributed by atoms with Crippen molar-refractivity contribution in [2.24, 2.45) is 0 Å². The number of likely N-dealkylation sites (tertiary alicyclic amines) is 1. The first-order valence-corrected chi connectivity index (χ1v) is 9.03. The zero-order valence-corrected chi connectivity index (χ0v) is 14.9. The van der Waals surface area contributed by atoms with Gasteiger partial charge in [0.05, 0.1) is 0 Å². The van der Waals surface area contributed by atoms with E-state index in [1.54, 1.807) is 18.2 Å². The second-order valence-electron chi connectivity index (χ2n) is 6.77. The third-order valence-corrected chi connectivity index (χ3v) is 5.26. The number of carbonyl (C=O) groups is 1. The van der Waals surface area contributed by atoms with Gasteiger partial charge in [0, 0.05) is 23.5 Å². The smallest absolute Gasteiger partial charge is 0.289 e. The average molecular weight is 354 g/mol. The van der Waals surface area contributed by atoms with Gasteiger partial charge >= 0.3 is 0 Å². The number of halogens is 1. The molecule has 0 spiro atoms. The largest absolute Gasteiger partial charge is 0.451 e. The molecule has 0 saturated carbocycles. The fraction of sp³-hybridized carbons (Fsp3) is 0.286. The van der Waals surface area contributed by atoms with Crippen molar-refractivity contribution in [3.63, 3.8) is 0 Å². The van der Waals surface area contributed by atoms with Crippen molar-refractivity contribution in [2.75, 3.05) is 13.1 Å². The molecule has 0 radical (unpaired) electrons. The van der Waals surface area contributed by atoms with E-state index in [9.17, 15) is 4.79 Å². The monoisotopic (exact) mass is 353 g/mol. The molecule has 0 bridgehead atoms. The second kappa shape index (κ2) is 6.57. The standard InChI is InChI=1S/C21H20ClNO2/c1-14-2-4-15(5-3-14)16-8-10-23(11-9-16)21(24)20-13-17-12-18(22)6-7-19(17)25-20/h2-7,12-13,16H,8-11H2,1H3. The SMILES string of the molecule is Cc1ccc(C2CCN(C(=O)c3cc4cc(Cl)ccc4o3)CC2)cc1. The van der Waals surface area contributed by atoms with Crippen LogP contribution in [0.5, 0.6) is 0 Å². The minimum Gasteiger partial charge on any atom is -0.451 e. The Balaban J connectivity index is 1.46. The molecule has 0 N–H and O–H groups in total. The fourth-order valence-corrected chi connectivity index (χ4v) is 3.71. The van der Waals surface area contributed by atoms with Crippen molar-refractivity contribution in [1.82, 2.24) is 4.90 Å². The Labute approximate surface area is 152 Å². The highest BCUT2D eigenvalue weighted by atomic mass is 35.5. The van der Waals surface area contributed by atoms with Crippen LogP contribution in [-0.4, -0.2) is 23.9 Å². The maximum absolute atomic E-state index is 12.7. The van der Waals surface area contributed by atoms with E-state index in [2.05, 4.69) is 31.2 Å². The summed E-state index contributed by atoms with van der Waals surface area (Å²) < 4.78 is 5.71. The number of fused-ring (bicyclic) bond motifs is 1. The number of carbonyl (C=O) groups excluding carboxylic acids is 1. The number of hydrogen-bond donors (Lipinski definition) is 0. The minimum atomic E-state index is -0.0327. The van der Waals surface area contributed by atoms with Gasteiger partial charge in [-0.3, -0.25) is 4.79 Å². The molecule has 1 aromatic heterocycles. The number of nitrogens with zero attached hydrogens (tertiary/aromatic N) is 1. The molecule has 2 heterocycles. The molecule has 0 atom stereocenters. The number of rotatable bonds is 2. The molecule has 1 saturated heterocycles. The van der Waals surface area contributed by atoms with Gasteiger partial charge in [-0.05, 0) is 55.5 Å². The van der Waals surface area contributed by atoms with Gasteiger partial charge in [0.15, 0.2) is 5.76 Å². The molecule has 1 amide bonds. The summed E-state index contributed by atoms with van der Waals surface area (Å²) in [5.74, 6) is 0.889. The van der Waals surface area contributed by atoms with Crippen LogP contribution in [0, 0.1) is 6.92 Å². The highest BCUT2D eigenvalue weighted by molar-refractivity contribution is 6.31. The van der Waals surface area contributed by atoms with E-state index in [0.29, 0.717) is 22.3 Å². The molecule has 4 rings (SSSR count). The van der Waals surface area contributed by atoms with E-state index in [0.717, 1.165) is 31.3 Å².